The maximum absolute atomic E-state index is 12.3. The number of rotatable bonds is 7. The molecule has 0 aromatic heterocycles. The van der Waals surface area contributed by atoms with E-state index in [0.29, 0.717) is 26.3 Å². The quantitative estimate of drug-likeness (QED) is 0.680. The second-order valence-corrected chi connectivity index (χ2v) is 4.59. The van der Waals surface area contributed by atoms with Gasteiger partial charge in [0.15, 0.2) is 0 Å². The average Bonchev–Trinajstić information content (AvgIpc) is 2.43. The van der Waals surface area contributed by atoms with E-state index in [2.05, 4.69) is 0 Å². The molecule has 1 aliphatic heterocycles. The highest BCUT2D eigenvalue weighted by atomic mass is 16.5. The fraction of sp³-hybridized carbons (Fsp3) is 0.923. The Kier molecular flexibility index (Phi) is 7.23. The van der Waals surface area contributed by atoms with Crippen LogP contribution in [0.25, 0.3) is 0 Å². The van der Waals surface area contributed by atoms with Crippen molar-refractivity contribution in [1.29, 1.82) is 0 Å². The summed E-state index contributed by atoms with van der Waals surface area (Å²) in [7, 11) is 0. The van der Waals surface area contributed by atoms with Crippen molar-refractivity contribution < 1.29 is 14.3 Å². The third-order valence-electron chi connectivity index (χ3n) is 3.46. The van der Waals surface area contributed by atoms with E-state index in [4.69, 9.17) is 15.2 Å². The number of nitrogens with two attached hydrogens (primary N) is 1. The first kappa shape index (κ1) is 15.4. The summed E-state index contributed by atoms with van der Waals surface area (Å²) in [5.74, 6) is 0.302. The van der Waals surface area contributed by atoms with E-state index in [0.717, 1.165) is 26.1 Å². The Morgan fingerprint density at radius 3 is 2.67 bits per heavy atom. The summed E-state index contributed by atoms with van der Waals surface area (Å²) in [5, 5.41) is 0. The normalized spacial score (nSPS) is 18.6. The molecule has 0 radical (unpaired) electrons. The molecule has 106 valence electrons. The van der Waals surface area contributed by atoms with Crippen molar-refractivity contribution in [2.24, 2.45) is 11.7 Å². The molecule has 18 heavy (non-hydrogen) atoms. The van der Waals surface area contributed by atoms with Gasteiger partial charge in [0.25, 0.3) is 0 Å². The summed E-state index contributed by atoms with van der Waals surface area (Å²) in [6.45, 7) is 7.93. The fourth-order valence-electron chi connectivity index (χ4n) is 2.23. The molecule has 1 amide bonds. The molecule has 1 fully saturated rings. The number of carbonyl (C=O) groups excluding carboxylic acids is 1. The molecule has 0 aromatic rings. The van der Waals surface area contributed by atoms with Crippen molar-refractivity contribution in [2.75, 3.05) is 39.5 Å². The van der Waals surface area contributed by atoms with Gasteiger partial charge in [-0.2, -0.15) is 0 Å². The molecule has 1 heterocycles. The predicted molar refractivity (Wildman–Crippen MR) is 70.3 cm³/mol. The molecule has 1 atom stereocenters. The van der Waals surface area contributed by atoms with Gasteiger partial charge in [-0.3, -0.25) is 4.79 Å². The van der Waals surface area contributed by atoms with E-state index in [-0.39, 0.29) is 11.8 Å². The number of hydrogen-bond acceptors (Lipinski definition) is 4. The van der Waals surface area contributed by atoms with Crippen LogP contribution in [0.3, 0.4) is 0 Å². The maximum Gasteiger partial charge on any atom is 0.239 e. The van der Waals surface area contributed by atoms with Gasteiger partial charge in [-0.25, -0.2) is 0 Å². The SMILES string of the molecule is CCOCCN(CC)C(=O)C(N)C1CCOCC1. The molecule has 0 aliphatic carbocycles. The zero-order chi connectivity index (χ0) is 13.4. The Morgan fingerprint density at radius 1 is 1.44 bits per heavy atom. The van der Waals surface area contributed by atoms with Crippen LogP contribution < -0.4 is 5.73 Å². The lowest BCUT2D eigenvalue weighted by Gasteiger charge is -2.31. The van der Waals surface area contributed by atoms with Gasteiger partial charge < -0.3 is 20.1 Å². The van der Waals surface area contributed by atoms with Crippen LogP contribution in [-0.2, 0) is 14.3 Å². The molecule has 0 bridgehead atoms. The fourth-order valence-corrected chi connectivity index (χ4v) is 2.23. The standard InChI is InChI=1S/C13H26N2O3/c1-3-15(7-10-17-4-2)13(16)12(14)11-5-8-18-9-6-11/h11-12H,3-10,14H2,1-2H3. The van der Waals surface area contributed by atoms with Crippen LogP contribution in [0.2, 0.25) is 0 Å². The van der Waals surface area contributed by atoms with Crippen LogP contribution in [-0.4, -0.2) is 56.4 Å². The minimum Gasteiger partial charge on any atom is -0.381 e. The Hall–Kier alpha value is -0.650. The van der Waals surface area contributed by atoms with E-state index in [1.54, 1.807) is 4.90 Å². The molecule has 5 heteroatoms. The lowest BCUT2D eigenvalue weighted by molar-refractivity contribution is -0.135. The summed E-state index contributed by atoms with van der Waals surface area (Å²) in [4.78, 5) is 14.1. The second-order valence-electron chi connectivity index (χ2n) is 4.59. The highest BCUT2D eigenvalue weighted by Crippen LogP contribution is 2.18. The lowest BCUT2D eigenvalue weighted by Crippen LogP contribution is -2.49. The summed E-state index contributed by atoms with van der Waals surface area (Å²) < 4.78 is 10.6. The Balaban J connectivity index is 2.42. The van der Waals surface area contributed by atoms with Gasteiger partial charge in [-0.1, -0.05) is 0 Å². The first-order valence-electron chi connectivity index (χ1n) is 6.90. The van der Waals surface area contributed by atoms with E-state index in [1.165, 1.54) is 0 Å². The van der Waals surface area contributed by atoms with E-state index in [9.17, 15) is 4.79 Å². The van der Waals surface area contributed by atoms with Gasteiger partial charge in [0.1, 0.15) is 0 Å². The number of likely N-dealkylation sites (N-methyl/N-ethyl adjacent to an activating group) is 1. The van der Waals surface area contributed by atoms with Crippen LogP contribution in [0, 0.1) is 5.92 Å². The predicted octanol–water partition coefficient (Wildman–Crippen LogP) is 0.625. The molecular formula is C13H26N2O3. The molecule has 2 N–H and O–H groups in total. The summed E-state index contributed by atoms with van der Waals surface area (Å²) in [6.07, 6.45) is 1.77. The Bertz CT molecular complexity index is 242. The summed E-state index contributed by atoms with van der Waals surface area (Å²) in [6, 6.07) is -0.393. The molecule has 0 spiro atoms. The van der Waals surface area contributed by atoms with Crippen molar-refractivity contribution >= 4 is 5.91 Å². The molecule has 0 saturated carbocycles. The number of hydrogen-bond donors (Lipinski definition) is 1. The molecule has 5 nitrogen and oxygen atoms in total. The third-order valence-corrected chi connectivity index (χ3v) is 3.46. The minimum absolute atomic E-state index is 0.0455. The third kappa shape index (κ3) is 4.55. The van der Waals surface area contributed by atoms with Crippen LogP contribution in [0.15, 0.2) is 0 Å². The molecular weight excluding hydrogens is 232 g/mol. The van der Waals surface area contributed by atoms with Crippen molar-refractivity contribution in [3.63, 3.8) is 0 Å². The van der Waals surface area contributed by atoms with E-state index >= 15 is 0 Å². The summed E-state index contributed by atoms with van der Waals surface area (Å²) in [5.41, 5.74) is 6.09. The molecule has 1 saturated heterocycles. The zero-order valence-electron chi connectivity index (χ0n) is 11.6. The topological polar surface area (TPSA) is 64.8 Å². The van der Waals surface area contributed by atoms with E-state index < -0.39 is 6.04 Å². The zero-order valence-corrected chi connectivity index (χ0v) is 11.6. The highest BCUT2D eigenvalue weighted by Gasteiger charge is 2.29. The van der Waals surface area contributed by atoms with Gasteiger partial charge in [-0.05, 0) is 32.6 Å². The van der Waals surface area contributed by atoms with E-state index in [1.807, 2.05) is 13.8 Å². The monoisotopic (exact) mass is 258 g/mol. The Morgan fingerprint density at radius 2 is 2.11 bits per heavy atom. The first-order chi connectivity index (χ1) is 8.70. The molecule has 0 aromatic carbocycles. The maximum atomic E-state index is 12.3. The van der Waals surface area contributed by atoms with Crippen molar-refractivity contribution in [2.45, 2.75) is 32.7 Å². The minimum atomic E-state index is -0.393. The summed E-state index contributed by atoms with van der Waals surface area (Å²) >= 11 is 0. The van der Waals surface area contributed by atoms with Crippen LogP contribution in [0.4, 0.5) is 0 Å². The van der Waals surface area contributed by atoms with Crippen LogP contribution >= 0.6 is 0 Å². The van der Waals surface area contributed by atoms with Crippen molar-refractivity contribution in [1.82, 2.24) is 4.90 Å². The van der Waals surface area contributed by atoms with Gasteiger partial charge in [-0.15, -0.1) is 0 Å². The smallest absolute Gasteiger partial charge is 0.239 e. The molecule has 1 aliphatic rings. The van der Waals surface area contributed by atoms with Crippen molar-refractivity contribution in [3.8, 4) is 0 Å². The highest BCUT2D eigenvalue weighted by molar-refractivity contribution is 5.82. The molecule has 1 rings (SSSR count). The number of carbonyl (C=O) groups is 1. The number of ether oxygens (including phenoxy) is 2. The number of nitrogens with zero attached hydrogens (tertiary/aromatic N) is 1. The van der Waals surface area contributed by atoms with Crippen LogP contribution in [0.5, 0.6) is 0 Å². The van der Waals surface area contributed by atoms with Gasteiger partial charge in [0.05, 0.1) is 12.6 Å². The van der Waals surface area contributed by atoms with Gasteiger partial charge in [0, 0.05) is 32.9 Å². The second kappa shape index (κ2) is 8.45. The number of amides is 1. The molecule has 1 unspecified atom stereocenters. The van der Waals surface area contributed by atoms with Crippen molar-refractivity contribution in [3.05, 3.63) is 0 Å². The largest absolute Gasteiger partial charge is 0.381 e. The van der Waals surface area contributed by atoms with Crippen LogP contribution in [0.1, 0.15) is 26.7 Å². The lowest BCUT2D eigenvalue weighted by atomic mass is 9.91. The first-order valence-corrected chi connectivity index (χ1v) is 6.90. The average molecular weight is 258 g/mol. The van der Waals surface area contributed by atoms with Gasteiger partial charge in [0.2, 0.25) is 5.91 Å². The Labute approximate surface area is 110 Å². The van der Waals surface area contributed by atoms with Gasteiger partial charge >= 0.3 is 0 Å².